The molecular formula is C17H19NO. The predicted molar refractivity (Wildman–Crippen MR) is 78.6 cm³/mol. The Morgan fingerprint density at radius 3 is 2.11 bits per heavy atom. The first-order chi connectivity index (χ1) is 9.25. The molecule has 1 amide bonds. The number of primary amides is 1. The molecule has 0 bridgehead atoms. The van der Waals surface area contributed by atoms with Crippen LogP contribution in [-0.4, -0.2) is 5.91 Å². The zero-order chi connectivity index (χ0) is 13.5. The standard InChI is InChI=1S/C17H19NO/c18-17(19)9-5-4-6-14-10-12-16(13-11-14)15-7-2-1-3-8-15/h1-3,7-8,10-13H,4-6,9H2,(H2,18,19). The van der Waals surface area contributed by atoms with Gasteiger partial charge >= 0.3 is 0 Å². The SMILES string of the molecule is NC(=O)CCCCc1ccc(-c2ccccc2)cc1. The van der Waals surface area contributed by atoms with E-state index in [0.717, 1.165) is 19.3 Å². The number of rotatable bonds is 6. The van der Waals surface area contributed by atoms with Crippen molar-refractivity contribution in [1.29, 1.82) is 0 Å². The van der Waals surface area contributed by atoms with Gasteiger partial charge in [0.1, 0.15) is 0 Å². The minimum Gasteiger partial charge on any atom is -0.370 e. The molecular weight excluding hydrogens is 234 g/mol. The van der Waals surface area contributed by atoms with Crippen LogP contribution in [0.15, 0.2) is 54.6 Å². The second kappa shape index (κ2) is 6.74. The molecule has 0 aliphatic heterocycles. The summed E-state index contributed by atoms with van der Waals surface area (Å²) < 4.78 is 0. The first-order valence-electron chi connectivity index (χ1n) is 6.68. The van der Waals surface area contributed by atoms with Crippen molar-refractivity contribution in [3.8, 4) is 11.1 Å². The second-order valence-electron chi connectivity index (χ2n) is 4.74. The molecule has 2 aromatic rings. The first-order valence-corrected chi connectivity index (χ1v) is 6.68. The Bertz CT molecular complexity index is 517. The zero-order valence-corrected chi connectivity index (χ0v) is 11.0. The molecule has 0 saturated heterocycles. The Hall–Kier alpha value is -2.09. The van der Waals surface area contributed by atoms with Gasteiger partial charge in [-0.2, -0.15) is 0 Å². The van der Waals surface area contributed by atoms with Gasteiger partial charge in [-0.3, -0.25) is 4.79 Å². The average Bonchev–Trinajstić information content (AvgIpc) is 2.45. The van der Waals surface area contributed by atoms with Gasteiger partial charge < -0.3 is 5.73 Å². The van der Waals surface area contributed by atoms with Crippen molar-refractivity contribution >= 4 is 5.91 Å². The summed E-state index contributed by atoms with van der Waals surface area (Å²) in [6.07, 6.45) is 3.37. The summed E-state index contributed by atoms with van der Waals surface area (Å²) in [5.41, 5.74) is 8.90. The topological polar surface area (TPSA) is 43.1 Å². The molecule has 0 aliphatic carbocycles. The Labute approximate surface area is 114 Å². The molecule has 2 nitrogen and oxygen atoms in total. The van der Waals surface area contributed by atoms with Crippen LogP contribution in [0.4, 0.5) is 0 Å². The van der Waals surface area contributed by atoms with Gasteiger partial charge in [0.05, 0.1) is 0 Å². The largest absolute Gasteiger partial charge is 0.370 e. The van der Waals surface area contributed by atoms with Gasteiger partial charge in [0.15, 0.2) is 0 Å². The highest BCUT2D eigenvalue weighted by Crippen LogP contribution is 2.19. The van der Waals surface area contributed by atoms with Crippen molar-refractivity contribution in [2.24, 2.45) is 5.73 Å². The number of carbonyl (C=O) groups is 1. The van der Waals surface area contributed by atoms with Crippen molar-refractivity contribution in [3.63, 3.8) is 0 Å². The molecule has 0 aliphatic rings. The molecule has 98 valence electrons. The van der Waals surface area contributed by atoms with E-state index in [0.29, 0.717) is 6.42 Å². The third kappa shape index (κ3) is 4.25. The molecule has 0 atom stereocenters. The molecule has 2 aromatic carbocycles. The van der Waals surface area contributed by atoms with Crippen molar-refractivity contribution in [2.45, 2.75) is 25.7 Å². The number of amides is 1. The van der Waals surface area contributed by atoms with Gasteiger partial charge in [-0.1, -0.05) is 54.6 Å². The maximum atomic E-state index is 10.6. The van der Waals surface area contributed by atoms with E-state index in [9.17, 15) is 4.79 Å². The Balaban J connectivity index is 1.90. The summed E-state index contributed by atoms with van der Waals surface area (Å²) in [4.78, 5) is 10.6. The van der Waals surface area contributed by atoms with E-state index >= 15 is 0 Å². The third-order valence-electron chi connectivity index (χ3n) is 3.20. The summed E-state index contributed by atoms with van der Waals surface area (Å²) in [6, 6.07) is 19.0. The van der Waals surface area contributed by atoms with Crippen LogP contribution in [0.1, 0.15) is 24.8 Å². The highest BCUT2D eigenvalue weighted by atomic mass is 16.1. The van der Waals surface area contributed by atoms with Crippen LogP contribution in [0.5, 0.6) is 0 Å². The Morgan fingerprint density at radius 2 is 1.47 bits per heavy atom. The molecule has 0 radical (unpaired) electrons. The first kappa shape index (κ1) is 13.3. The van der Waals surface area contributed by atoms with Crippen LogP contribution in [0.3, 0.4) is 0 Å². The summed E-state index contributed by atoms with van der Waals surface area (Å²) >= 11 is 0. The lowest BCUT2D eigenvalue weighted by Gasteiger charge is -2.04. The number of unbranched alkanes of at least 4 members (excludes halogenated alkanes) is 1. The second-order valence-corrected chi connectivity index (χ2v) is 4.74. The fourth-order valence-electron chi connectivity index (χ4n) is 2.12. The Kier molecular flexibility index (Phi) is 4.73. The minimum atomic E-state index is -0.209. The molecule has 19 heavy (non-hydrogen) atoms. The number of nitrogens with two attached hydrogens (primary N) is 1. The fraction of sp³-hybridized carbons (Fsp3) is 0.235. The summed E-state index contributed by atoms with van der Waals surface area (Å²) in [5, 5.41) is 0. The smallest absolute Gasteiger partial charge is 0.217 e. The molecule has 0 spiro atoms. The molecule has 0 saturated carbocycles. The van der Waals surface area contributed by atoms with Crippen LogP contribution < -0.4 is 5.73 Å². The van der Waals surface area contributed by atoms with Gasteiger partial charge in [0, 0.05) is 6.42 Å². The van der Waals surface area contributed by atoms with E-state index in [4.69, 9.17) is 5.73 Å². The molecule has 2 rings (SSSR count). The maximum absolute atomic E-state index is 10.6. The van der Waals surface area contributed by atoms with Crippen molar-refractivity contribution in [1.82, 2.24) is 0 Å². The van der Waals surface area contributed by atoms with Crippen LogP contribution in [-0.2, 0) is 11.2 Å². The number of hydrogen-bond donors (Lipinski definition) is 1. The van der Waals surface area contributed by atoms with Crippen LogP contribution in [0.25, 0.3) is 11.1 Å². The minimum absolute atomic E-state index is 0.209. The lowest BCUT2D eigenvalue weighted by atomic mass is 10.0. The number of aryl methyl sites for hydroxylation is 1. The van der Waals surface area contributed by atoms with Crippen LogP contribution in [0.2, 0.25) is 0 Å². The van der Waals surface area contributed by atoms with Crippen molar-refractivity contribution in [3.05, 3.63) is 60.2 Å². The van der Waals surface area contributed by atoms with E-state index in [1.165, 1.54) is 16.7 Å². The molecule has 0 fully saturated rings. The van der Waals surface area contributed by atoms with Gasteiger partial charge in [0.2, 0.25) is 5.91 Å². The van der Waals surface area contributed by atoms with Gasteiger partial charge in [-0.05, 0) is 36.0 Å². The van der Waals surface area contributed by atoms with Gasteiger partial charge in [-0.25, -0.2) is 0 Å². The highest BCUT2D eigenvalue weighted by molar-refractivity contribution is 5.73. The predicted octanol–water partition coefficient (Wildman–Crippen LogP) is 3.55. The number of carbonyl (C=O) groups excluding carboxylic acids is 1. The normalized spacial score (nSPS) is 10.3. The highest BCUT2D eigenvalue weighted by Gasteiger charge is 1.99. The lowest BCUT2D eigenvalue weighted by Crippen LogP contribution is -2.09. The third-order valence-corrected chi connectivity index (χ3v) is 3.20. The number of benzene rings is 2. The summed E-state index contributed by atoms with van der Waals surface area (Å²) in [5.74, 6) is -0.209. The molecule has 0 unspecified atom stereocenters. The monoisotopic (exact) mass is 253 g/mol. The van der Waals surface area contributed by atoms with Gasteiger partial charge in [0.25, 0.3) is 0 Å². The molecule has 0 aromatic heterocycles. The van der Waals surface area contributed by atoms with Crippen molar-refractivity contribution < 1.29 is 4.79 Å². The van der Waals surface area contributed by atoms with E-state index in [-0.39, 0.29) is 5.91 Å². The van der Waals surface area contributed by atoms with E-state index in [1.54, 1.807) is 0 Å². The van der Waals surface area contributed by atoms with Crippen LogP contribution >= 0.6 is 0 Å². The Morgan fingerprint density at radius 1 is 0.842 bits per heavy atom. The van der Waals surface area contributed by atoms with Crippen LogP contribution in [0, 0.1) is 0 Å². The lowest BCUT2D eigenvalue weighted by molar-refractivity contribution is -0.118. The van der Waals surface area contributed by atoms with Gasteiger partial charge in [-0.15, -0.1) is 0 Å². The quantitative estimate of drug-likeness (QED) is 0.786. The molecule has 2 heteroatoms. The average molecular weight is 253 g/mol. The molecule has 0 heterocycles. The van der Waals surface area contributed by atoms with E-state index < -0.39 is 0 Å². The summed E-state index contributed by atoms with van der Waals surface area (Å²) in [7, 11) is 0. The zero-order valence-electron chi connectivity index (χ0n) is 11.0. The van der Waals surface area contributed by atoms with E-state index in [2.05, 4.69) is 36.4 Å². The fourth-order valence-corrected chi connectivity index (χ4v) is 2.12. The maximum Gasteiger partial charge on any atom is 0.217 e. The molecule has 2 N–H and O–H groups in total. The van der Waals surface area contributed by atoms with Crippen molar-refractivity contribution in [2.75, 3.05) is 0 Å². The summed E-state index contributed by atoms with van der Waals surface area (Å²) in [6.45, 7) is 0. The number of hydrogen-bond acceptors (Lipinski definition) is 1. The van der Waals surface area contributed by atoms with E-state index in [1.807, 2.05) is 18.2 Å².